The van der Waals surface area contributed by atoms with Crippen LogP contribution in [-0.2, 0) is 14.6 Å². The Hall–Kier alpha value is -1.36. The molecule has 1 heterocycles. The summed E-state index contributed by atoms with van der Waals surface area (Å²) in [7, 11) is -3.05. The highest BCUT2D eigenvalue weighted by Crippen LogP contribution is 2.35. The summed E-state index contributed by atoms with van der Waals surface area (Å²) in [6.07, 6.45) is 0.429. The normalized spacial score (nSPS) is 22.3. The molecule has 2 rings (SSSR count). The van der Waals surface area contributed by atoms with Crippen molar-refractivity contribution in [1.82, 2.24) is 5.32 Å². The standard InChI is InChI=1S/C17H25NO3S/c1-12-7-5-6-8-14(12)15(17(2,3)4)18-16(19)13-9-10-22(20,21)11-13/h5-8,13,15H,9-11H2,1-4H3,(H,18,19). The Morgan fingerprint density at radius 2 is 1.91 bits per heavy atom. The summed E-state index contributed by atoms with van der Waals surface area (Å²) >= 11 is 0. The van der Waals surface area contributed by atoms with Crippen molar-refractivity contribution in [2.75, 3.05) is 11.5 Å². The molecule has 0 aliphatic carbocycles. The fourth-order valence-electron chi connectivity index (χ4n) is 2.93. The molecule has 0 bridgehead atoms. The molecule has 4 nitrogen and oxygen atoms in total. The highest BCUT2D eigenvalue weighted by Gasteiger charge is 2.36. The van der Waals surface area contributed by atoms with E-state index in [0.29, 0.717) is 6.42 Å². The van der Waals surface area contributed by atoms with Gasteiger partial charge in [0.25, 0.3) is 0 Å². The maximum atomic E-state index is 12.5. The average molecular weight is 323 g/mol. The van der Waals surface area contributed by atoms with Crippen molar-refractivity contribution in [1.29, 1.82) is 0 Å². The van der Waals surface area contributed by atoms with E-state index >= 15 is 0 Å². The minimum absolute atomic E-state index is 0.0243. The summed E-state index contributed by atoms with van der Waals surface area (Å²) in [6, 6.07) is 7.86. The molecule has 1 saturated heterocycles. The first-order valence-electron chi connectivity index (χ1n) is 7.66. The van der Waals surface area contributed by atoms with E-state index in [1.165, 1.54) is 0 Å². The molecule has 2 atom stereocenters. The number of hydrogen-bond donors (Lipinski definition) is 1. The number of amides is 1. The van der Waals surface area contributed by atoms with E-state index in [2.05, 4.69) is 26.1 Å². The first-order valence-corrected chi connectivity index (χ1v) is 9.48. The van der Waals surface area contributed by atoms with Crippen LogP contribution in [0.3, 0.4) is 0 Å². The molecular formula is C17H25NO3S. The van der Waals surface area contributed by atoms with E-state index < -0.39 is 15.8 Å². The van der Waals surface area contributed by atoms with Crippen LogP contribution >= 0.6 is 0 Å². The van der Waals surface area contributed by atoms with Gasteiger partial charge < -0.3 is 5.32 Å². The van der Waals surface area contributed by atoms with Crippen molar-refractivity contribution in [3.05, 3.63) is 35.4 Å². The zero-order chi connectivity index (χ0) is 16.5. The van der Waals surface area contributed by atoms with Crippen LogP contribution in [0.1, 0.15) is 44.4 Å². The fraction of sp³-hybridized carbons (Fsp3) is 0.588. The maximum absolute atomic E-state index is 12.5. The Kier molecular flexibility index (Phi) is 4.66. The quantitative estimate of drug-likeness (QED) is 0.930. The molecule has 2 unspecified atom stereocenters. The van der Waals surface area contributed by atoms with E-state index in [1.807, 2.05) is 31.2 Å². The number of benzene rings is 1. The van der Waals surface area contributed by atoms with Gasteiger partial charge in [-0.05, 0) is 29.9 Å². The van der Waals surface area contributed by atoms with Gasteiger partial charge in [-0.25, -0.2) is 8.42 Å². The number of hydrogen-bond acceptors (Lipinski definition) is 3. The van der Waals surface area contributed by atoms with Gasteiger partial charge in [0.15, 0.2) is 9.84 Å². The molecule has 1 N–H and O–H groups in total. The van der Waals surface area contributed by atoms with Crippen LogP contribution in [-0.4, -0.2) is 25.8 Å². The highest BCUT2D eigenvalue weighted by atomic mass is 32.2. The molecule has 1 fully saturated rings. The first-order chi connectivity index (χ1) is 10.1. The van der Waals surface area contributed by atoms with Crippen molar-refractivity contribution in [2.24, 2.45) is 11.3 Å². The third-order valence-electron chi connectivity index (χ3n) is 4.26. The Labute approximate surface area is 133 Å². The lowest BCUT2D eigenvalue weighted by Crippen LogP contribution is -2.40. The highest BCUT2D eigenvalue weighted by molar-refractivity contribution is 7.91. The smallest absolute Gasteiger partial charge is 0.224 e. The van der Waals surface area contributed by atoms with Gasteiger partial charge in [-0.15, -0.1) is 0 Å². The number of rotatable bonds is 3. The predicted molar refractivity (Wildman–Crippen MR) is 88.3 cm³/mol. The lowest BCUT2D eigenvalue weighted by molar-refractivity contribution is -0.125. The van der Waals surface area contributed by atoms with Gasteiger partial charge in [-0.3, -0.25) is 4.79 Å². The van der Waals surface area contributed by atoms with Crippen molar-refractivity contribution in [3.8, 4) is 0 Å². The maximum Gasteiger partial charge on any atom is 0.224 e. The van der Waals surface area contributed by atoms with Gasteiger partial charge in [-0.1, -0.05) is 45.0 Å². The third-order valence-corrected chi connectivity index (χ3v) is 6.02. The number of carbonyl (C=O) groups is 1. The van der Waals surface area contributed by atoms with Gasteiger partial charge in [-0.2, -0.15) is 0 Å². The molecule has 22 heavy (non-hydrogen) atoms. The third kappa shape index (κ3) is 3.88. The molecule has 0 saturated carbocycles. The molecule has 5 heteroatoms. The Balaban J connectivity index is 2.22. The molecule has 0 radical (unpaired) electrons. The fourth-order valence-corrected chi connectivity index (χ4v) is 4.67. The molecule has 0 spiro atoms. The zero-order valence-electron chi connectivity index (χ0n) is 13.7. The van der Waals surface area contributed by atoms with Crippen molar-refractivity contribution in [3.63, 3.8) is 0 Å². The number of sulfone groups is 1. The van der Waals surface area contributed by atoms with Gasteiger partial charge in [0, 0.05) is 0 Å². The van der Waals surface area contributed by atoms with E-state index in [-0.39, 0.29) is 28.9 Å². The topological polar surface area (TPSA) is 63.2 Å². The Bertz CT molecular complexity index is 659. The van der Waals surface area contributed by atoms with Crippen LogP contribution in [0.2, 0.25) is 0 Å². The predicted octanol–water partition coefficient (Wildman–Crippen LogP) is 2.63. The van der Waals surface area contributed by atoms with E-state index in [9.17, 15) is 13.2 Å². The molecule has 1 aromatic rings. The molecule has 1 aromatic carbocycles. The van der Waals surface area contributed by atoms with Gasteiger partial charge in [0.1, 0.15) is 0 Å². The van der Waals surface area contributed by atoms with Crippen LogP contribution in [0.5, 0.6) is 0 Å². The minimum atomic E-state index is -3.05. The second-order valence-electron chi connectivity index (χ2n) is 7.26. The van der Waals surface area contributed by atoms with E-state index in [4.69, 9.17) is 0 Å². The van der Waals surface area contributed by atoms with Gasteiger partial charge in [0.05, 0.1) is 23.5 Å². The number of carbonyl (C=O) groups excluding carboxylic acids is 1. The lowest BCUT2D eigenvalue weighted by Gasteiger charge is -2.33. The average Bonchev–Trinajstić information content (AvgIpc) is 2.76. The van der Waals surface area contributed by atoms with Crippen LogP contribution < -0.4 is 5.32 Å². The summed E-state index contributed by atoms with van der Waals surface area (Å²) in [6.45, 7) is 8.27. The van der Waals surface area contributed by atoms with Gasteiger partial charge >= 0.3 is 0 Å². The summed E-state index contributed by atoms with van der Waals surface area (Å²) in [5.41, 5.74) is 2.06. The SMILES string of the molecule is Cc1ccccc1C(NC(=O)C1CCS(=O)(=O)C1)C(C)(C)C. The van der Waals surface area contributed by atoms with Crippen LogP contribution in [0.15, 0.2) is 24.3 Å². The van der Waals surface area contributed by atoms with E-state index in [0.717, 1.165) is 11.1 Å². The Morgan fingerprint density at radius 3 is 2.41 bits per heavy atom. The largest absolute Gasteiger partial charge is 0.348 e. The molecule has 1 aliphatic rings. The Morgan fingerprint density at radius 1 is 1.27 bits per heavy atom. The van der Waals surface area contributed by atoms with Crippen molar-refractivity contribution < 1.29 is 13.2 Å². The molecular weight excluding hydrogens is 298 g/mol. The summed E-state index contributed by atoms with van der Waals surface area (Å²) in [5, 5.41) is 3.09. The zero-order valence-corrected chi connectivity index (χ0v) is 14.5. The number of aryl methyl sites for hydroxylation is 1. The van der Waals surface area contributed by atoms with Crippen LogP contribution in [0, 0.1) is 18.3 Å². The molecule has 1 amide bonds. The summed E-state index contributed by atoms with van der Waals surface area (Å²) < 4.78 is 23.1. The lowest BCUT2D eigenvalue weighted by atomic mass is 9.80. The van der Waals surface area contributed by atoms with E-state index in [1.54, 1.807) is 0 Å². The second kappa shape index (κ2) is 6.03. The van der Waals surface area contributed by atoms with Crippen molar-refractivity contribution >= 4 is 15.7 Å². The molecule has 0 aromatic heterocycles. The molecule has 122 valence electrons. The first kappa shape index (κ1) is 17.0. The minimum Gasteiger partial charge on any atom is -0.348 e. The second-order valence-corrected chi connectivity index (χ2v) is 9.49. The summed E-state index contributed by atoms with van der Waals surface area (Å²) in [4.78, 5) is 12.5. The van der Waals surface area contributed by atoms with Crippen LogP contribution in [0.4, 0.5) is 0 Å². The number of nitrogens with one attached hydrogen (secondary N) is 1. The molecule has 1 aliphatic heterocycles. The monoisotopic (exact) mass is 323 g/mol. The van der Waals surface area contributed by atoms with Crippen molar-refractivity contribution in [2.45, 2.75) is 40.2 Å². The van der Waals surface area contributed by atoms with Gasteiger partial charge in [0.2, 0.25) is 5.91 Å². The van der Waals surface area contributed by atoms with Crippen LogP contribution in [0.25, 0.3) is 0 Å². The summed E-state index contributed by atoms with van der Waals surface area (Å²) in [5.74, 6) is -0.470.